The molecule has 9 heteroatoms. The summed E-state index contributed by atoms with van der Waals surface area (Å²) >= 11 is 3.06. The maximum absolute atomic E-state index is 11.4. The number of rotatable bonds is 6. The minimum atomic E-state index is -1.15. The maximum Gasteiger partial charge on any atom is 0.355 e. The molecule has 0 aliphatic heterocycles. The molecule has 0 spiro atoms. The van der Waals surface area contributed by atoms with Crippen LogP contribution in [-0.4, -0.2) is 39.7 Å². The topological polar surface area (TPSA) is 113 Å². The van der Waals surface area contributed by atoms with Gasteiger partial charge in [0.25, 0.3) is 0 Å². The van der Waals surface area contributed by atoms with Gasteiger partial charge in [-0.15, -0.1) is 0 Å². The monoisotopic (exact) mass is 318 g/mol. The number of hydrogen-bond acceptors (Lipinski definition) is 4. The average molecular weight is 319 g/mol. The van der Waals surface area contributed by atoms with Gasteiger partial charge >= 0.3 is 5.97 Å². The fourth-order valence-electron chi connectivity index (χ4n) is 1.25. The molecule has 0 radical (unpaired) electrons. The SMILES string of the molecule is Cn1nc(NC(=O)CCNC=O)c(Br)c1C(=O)O. The lowest BCUT2D eigenvalue weighted by Crippen LogP contribution is -2.20. The van der Waals surface area contributed by atoms with Crippen LogP contribution in [0.25, 0.3) is 0 Å². The number of carbonyl (C=O) groups excluding carboxylic acids is 2. The number of nitrogens with zero attached hydrogens (tertiary/aromatic N) is 2. The van der Waals surface area contributed by atoms with Gasteiger partial charge in [0.2, 0.25) is 12.3 Å². The van der Waals surface area contributed by atoms with Crippen LogP contribution in [-0.2, 0) is 16.6 Å². The Bertz CT molecular complexity index is 485. The van der Waals surface area contributed by atoms with Crippen molar-refractivity contribution in [3.05, 3.63) is 10.2 Å². The molecular formula is C9H11BrN4O4. The molecule has 1 heterocycles. The maximum atomic E-state index is 11.4. The van der Waals surface area contributed by atoms with Crippen molar-refractivity contribution in [2.75, 3.05) is 11.9 Å². The lowest BCUT2D eigenvalue weighted by Gasteiger charge is -2.01. The number of hydrogen-bond donors (Lipinski definition) is 3. The molecule has 0 atom stereocenters. The van der Waals surface area contributed by atoms with Crippen molar-refractivity contribution in [1.29, 1.82) is 0 Å². The molecule has 8 nitrogen and oxygen atoms in total. The Hall–Kier alpha value is -1.90. The van der Waals surface area contributed by atoms with Gasteiger partial charge in [0.15, 0.2) is 11.5 Å². The smallest absolute Gasteiger partial charge is 0.355 e. The highest BCUT2D eigenvalue weighted by atomic mass is 79.9. The molecule has 0 fully saturated rings. The Balaban J connectivity index is 2.74. The van der Waals surface area contributed by atoms with E-state index in [-0.39, 0.29) is 34.9 Å². The third kappa shape index (κ3) is 3.29. The Kier molecular flexibility index (Phi) is 4.84. The van der Waals surface area contributed by atoms with Crippen LogP contribution in [0.2, 0.25) is 0 Å². The van der Waals surface area contributed by atoms with E-state index in [9.17, 15) is 14.4 Å². The Morgan fingerprint density at radius 2 is 2.22 bits per heavy atom. The number of aromatic nitrogens is 2. The van der Waals surface area contributed by atoms with E-state index in [1.807, 2.05) is 0 Å². The minimum absolute atomic E-state index is 0.0590. The molecule has 0 unspecified atom stereocenters. The Morgan fingerprint density at radius 1 is 1.56 bits per heavy atom. The van der Waals surface area contributed by atoms with Crippen LogP contribution >= 0.6 is 15.9 Å². The molecule has 0 saturated heterocycles. The highest BCUT2D eigenvalue weighted by Crippen LogP contribution is 2.25. The fraction of sp³-hybridized carbons (Fsp3) is 0.333. The van der Waals surface area contributed by atoms with E-state index in [0.717, 1.165) is 4.68 Å². The first-order valence-corrected chi connectivity index (χ1v) is 5.69. The molecule has 1 aromatic heterocycles. The molecule has 2 amide bonds. The lowest BCUT2D eigenvalue weighted by molar-refractivity contribution is -0.116. The lowest BCUT2D eigenvalue weighted by atomic mass is 10.4. The number of carboxylic acid groups (broad SMARTS) is 1. The highest BCUT2D eigenvalue weighted by Gasteiger charge is 2.20. The molecule has 18 heavy (non-hydrogen) atoms. The number of aromatic carboxylic acids is 1. The van der Waals surface area contributed by atoms with Gasteiger partial charge in [-0.2, -0.15) is 5.10 Å². The van der Waals surface area contributed by atoms with E-state index in [0.29, 0.717) is 6.41 Å². The van der Waals surface area contributed by atoms with Crippen LogP contribution in [0.4, 0.5) is 5.82 Å². The molecule has 0 aromatic carbocycles. The van der Waals surface area contributed by atoms with Crippen molar-refractivity contribution in [2.45, 2.75) is 6.42 Å². The Morgan fingerprint density at radius 3 is 2.72 bits per heavy atom. The molecule has 0 aliphatic carbocycles. The van der Waals surface area contributed by atoms with Crippen molar-refractivity contribution in [3.8, 4) is 0 Å². The van der Waals surface area contributed by atoms with Crippen molar-refractivity contribution >= 4 is 40.0 Å². The van der Waals surface area contributed by atoms with E-state index >= 15 is 0 Å². The molecule has 3 N–H and O–H groups in total. The molecule has 1 aromatic rings. The number of aryl methyl sites for hydroxylation is 1. The first-order valence-electron chi connectivity index (χ1n) is 4.90. The van der Waals surface area contributed by atoms with Crippen LogP contribution < -0.4 is 10.6 Å². The number of amides is 2. The predicted octanol–water partition coefficient (Wildman–Crippen LogP) is -0.0446. The van der Waals surface area contributed by atoms with Gasteiger partial charge in [-0.1, -0.05) is 0 Å². The molecule has 98 valence electrons. The number of anilines is 1. The summed E-state index contributed by atoms with van der Waals surface area (Å²) in [5.74, 6) is -1.40. The summed E-state index contributed by atoms with van der Waals surface area (Å²) in [4.78, 5) is 32.3. The van der Waals surface area contributed by atoms with Gasteiger partial charge in [0.05, 0.1) is 4.47 Å². The molecule has 1 rings (SSSR count). The second kappa shape index (κ2) is 6.15. The van der Waals surface area contributed by atoms with Gasteiger partial charge in [-0.25, -0.2) is 4.79 Å². The highest BCUT2D eigenvalue weighted by molar-refractivity contribution is 9.10. The third-order valence-electron chi connectivity index (χ3n) is 2.03. The first-order chi connectivity index (χ1) is 8.47. The van der Waals surface area contributed by atoms with Crippen LogP contribution in [0.3, 0.4) is 0 Å². The number of carbonyl (C=O) groups is 3. The second-order valence-electron chi connectivity index (χ2n) is 3.31. The summed E-state index contributed by atoms with van der Waals surface area (Å²) in [7, 11) is 1.46. The predicted molar refractivity (Wildman–Crippen MR) is 65.2 cm³/mol. The zero-order valence-corrected chi connectivity index (χ0v) is 11.0. The van der Waals surface area contributed by atoms with Crippen LogP contribution in [0.15, 0.2) is 4.47 Å². The molecular weight excluding hydrogens is 308 g/mol. The van der Waals surface area contributed by atoms with Gasteiger partial charge in [-0.3, -0.25) is 14.3 Å². The quantitative estimate of drug-likeness (QED) is 0.503. The van der Waals surface area contributed by atoms with E-state index < -0.39 is 5.97 Å². The normalized spacial score (nSPS) is 9.89. The first kappa shape index (κ1) is 14.2. The van der Waals surface area contributed by atoms with Gasteiger partial charge < -0.3 is 15.7 Å². The number of carboxylic acids is 1. The van der Waals surface area contributed by atoms with Gasteiger partial charge in [0.1, 0.15) is 0 Å². The fourth-order valence-corrected chi connectivity index (χ4v) is 1.85. The van der Waals surface area contributed by atoms with Crippen LogP contribution in [0, 0.1) is 0 Å². The standard InChI is InChI=1S/C9H11BrN4O4/c1-14-7(9(17)18)6(10)8(13-14)12-5(16)2-3-11-4-15/h4H,2-3H2,1H3,(H,11,15)(H,17,18)(H,12,13,16). The van der Waals surface area contributed by atoms with Crippen molar-refractivity contribution in [2.24, 2.45) is 7.05 Å². The minimum Gasteiger partial charge on any atom is -0.476 e. The van der Waals surface area contributed by atoms with Crippen molar-refractivity contribution < 1.29 is 19.5 Å². The average Bonchev–Trinajstić information content (AvgIpc) is 2.54. The Labute approximate surface area is 110 Å². The largest absolute Gasteiger partial charge is 0.476 e. The van der Waals surface area contributed by atoms with Crippen molar-refractivity contribution in [3.63, 3.8) is 0 Å². The number of nitrogens with one attached hydrogen (secondary N) is 2. The summed E-state index contributed by atoms with van der Waals surface area (Å²) in [6.45, 7) is 0.200. The van der Waals surface area contributed by atoms with E-state index in [4.69, 9.17) is 5.11 Å². The molecule has 0 aliphatic rings. The van der Waals surface area contributed by atoms with Crippen LogP contribution in [0.1, 0.15) is 16.9 Å². The van der Waals surface area contributed by atoms with E-state index in [1.165, 1.54) is 7.05 Å². The van der Waals surface area contributed by atoms with Gasteiger partial charge in [0, 0.05) is 20.0 Å². The van der Waals surface area contributed by atoms with E-state index in [2.05, 4.69) is 31.7 Å². The zero-order chi connectivity index (χ0) is 13.7. The summed E-state index contributed by atoms with van der Waals surface area (Å²) < 4.78 is 1.35. The zero-order valence-electron chi connectivity index (χ0n) is 9.44. The number of halogens is 1. The third-order valence-corrected chi connectivity index (χ3v) is 2.78. The van der Waals surface area contributed by atoms with E-state index in [1.54, 1.807) is 0 Å². The summed E-state index contributed by atoms with van der Waals surface area (Å²) in [5.41, 5.74) is -0.0590. The molecule has 0 saturated carbocycles. The van der Waals surface area contributed by atoms with Crippen molar-refractivity contribution in [1.82, 2.24) is 15.1 Å². The summed E-state index contributed by atoms with van der Waals surface area (Å²) in [6.07, 6.45) is 0.566. The second-order valence-corrected chi connectivity index (χ2v) is 4.10. The molecule has 0 bridgehead atoms. The summed E-state index contributed by atoms with van der Waals surface area (Å²) in [6, 6.07) is 0. The summed E-state index contributed by atoms with van der Waals surface area (Å²) in [5, 5.41) is 17.6. The van der Waals surface area contributed by atoms with Crippen LogP contribution in [0.5, 0.6) is 0 Å². The van der Waals surface area contributed by atoms with Gasteiger partial charge in [-0.05, 0) is 15.9 Å².